The summed E-state index contributed by atoms with van der Waals surface area (Å²) in [5.74, 6) is -1.58. The first kappa shape index (κ1) is 20.3. The van der Waals surface area contributed by atoms with Gasteiger partial charge in [0.15, 0.2) is 6.23 Å². The molecule has 0 aromatic carbocycles. The van der Waals surface area contributed by atoms with Crippen LogP contribution in [0.3, 0.4) is 0 Å². The van der Waals surface area contributed by atoms with Crippen LogP contribution < -0.4 is 17.2 Å². The first-order chi connectivity index (χ1) is 13.2. The molecule has 2 aromatic rings. The summed E-state index contributed by atoms with van der Waals surface area (Å²) in [5, 5.41) is 20.7. The summed E-state index contributed by atoms with van der Waals surface area (Å²) in [4.78, 5) is 41.9. The van der Waals surface area contributed by atoms with E-state index in [0.29, 0.717) is 0 Å². The number of aromatic amines is 1. The molecule has 2 aromatic heterocycles. The zero-order valence-electron chi connectivity index (χ0n) is 14.6. The molecule has 1 fully saturated rings. The molecule has 0 saturated carbocycles. The molecule has 28 heavy (non-hydrogen) atoms. The third-order valence-electron chi connectivity index (χ3n) is 4.39. The van der Waals surface area contributed by atoms with Gasteiger partial charge in [-0.15, -0.1) is 0 Å². The number of aliphatic hydroxyl groups excluding tert-OH is 2. The number of H-pyrrole nitrogens is 1. The van der Waals surface area contributed by atoms with Crippen LogP contribution in [0, 0.1) is 0 Å². The molecular weight excluding hydrogens is 442 g/mol. The number of nitrogens with one attached hydrogen (secondary N) is 1. The minimum atomic E-state index is -1.55. The van der Waals surface area contributed by atoms with Crippen LogP contribution in [0.15, 0.2) is 9.40 Å². The SMILES string of the molecule is CCC(=O)OC[C@@H]1O[C@H](n2c(=O)nc(N)c3c(C(N)=O)c(Br)[nH]c32)[C@H](O)[C@H]1O. The van der Waals surface area contributed by atoms with Gasteiger partial charge in [-0.2, -0.15) is 4.98 Å². The van der Waals surface area contributed by atoms with Gasteiger partial charge in [0, 0.05) is 6.42 Å². The van der Waals surface area contributed by atoms with Crippen LogP contribution >= 0.6 is 15.9 Å². The number of amides is 1. The topological polar surface area (TPSA) is 196 Å². The van der Waals surface area contributed by atoms with Gasteiger partial charge in [-0.25, -0.2) is 9.36 Å². The minimum absolute atomic E-state index is 0.0145. The monoisotopic (exact) mass is 459 g/mol. The summed E-state index contributed by atoms with van der Waals surface area (Å²) < 4.78 is 11.6. The Morgan fingerprint density at radius 2 is 2.07 bits per heavy atom. The number of aliphatic hydroxyl groups is 2. The maximum absolute atomic E-state index is 12.5. The summed E-state index contributed by atoms with van der Waals surface area (Å²) in [6, 6.07) is 0. The number of nitrogens with two attached hydrogens (primary N) is 2. The molecule has 12 nitrogen and oxygen atoms in total. The van der Waals surface area contributed by atoms with Crippen LogP contribution in [-0.4, -0.2) is 61.5 Å². The van der Waals surface area contributed by atoms with Gasteiger partial charge < -0.3 is 36.1 Å². The lowest BCUT2D eigenvalue weighted by Gasteiger charge is -2.18. The van der Waals surface area contributed by atoms with Gasteiger partial charge in [0.05, 0.1) is 15.6 Å². The number of hydrogen-bond donors (Lipinski definition) is 5. The lowest BCUT2D eigenvalue weighted by atomic mass is 10.1. The number of fused-ring (bicyclic) bond motifs is 1. The Hall–Kier alpha value is -2.48. The fourth-order valence-electron chi connectivity index (χ4n) is 3.02. The molecule has 0 radical (unpaired) electrons. The maximum atomic E-state index is 12.5. The molecule has 152 valence electrons. The van der Waals surface area contributed by atoms with Crippen molar-refractivity contribution >= 4 is 44.7 Å². The molecule has 0 aliphatic carbocycles. The van der Waals surface area contributed by atoms with Gasteiger partial charge in [0.1, 0.15) is 36.4 Å². The Morgan fingerprint density at radius 3 is 2.68 bits per heavy atom. The standard InChI is InChI=1S/C15H18BrN5O7/c1-2-5(22)27-3-4-8(23)9(24)14(28-4)21-13-7(11(17)20-15(21)26)6(12(18)25)10(16)19-13/h4,8-9,14,19,23-24H,2-3H2,1H3,(H2,18,25)(H2,17,20,26)/t4-,8-,9+,14-/m0/s1. The molecule has 1 aliphatic heterocycles. The largest absolute Gasteiger partial charge is 0.463 e. The average Bonchev–Trinajstić information content (AvgIpc) is 3.11. The highest BCUT2D eigenvalue weighted by atomic mass is 79.9. The summed E-state index contributed by atoms with van der Waals surface area (Å²) in [7, 11) is 0. The molecule has 3 heterocycles. The van der Waals surface area contributed by atoms with Crippen molar-refractivity contribution in [3.63, 3.8) is 0 Å². The Bertz CT molecular complexity index is 1000. The van der Waals surface area contributed by atoms with E-state index in [1.807, 2.05) is 0 Å². The van der Waals surface area contributed by atoms with Crippen LogP contribution in [0.2, 0.25) is 0 Å². The third kappa shape index (κ3) is 3.26. The number of primary amides is 1. The number of nitrogen functional groups attached to an aromatic ring is 1. The number of carbonyl (C=O) groups excluding carboxylic acids is 2. The van der Waals surface area contributed by atoms with Crippen molar-refractivity contribution in [1.82, 2.24) is 14.5 Å². The molecule has 1 amide bonds. The molecule has 1 aliphatic rings. The van der Waals surface area contributed by atoms with Gasteiger partial charge in [-0.3, -0.25) is 9.59 Å². The van der Waals surface area contributed by atoms with Gasteiger partial charge in [-0.05, 0) is 15.9 Å². The minimum Gasteiger partial charge on any atom is -0.463 e. The van der Waals surface area contributed by atoms with Crippen LogP contribution in [0.5, 0.6) is 0 Å². The fourth-order valence-corrected chi connectivity index (χ4v) is 3.60. The zero-order chi connectivity index (χ0) is 20.7. The first-order valence-electron chi connectivity index (χ1n) is 8.23. The van der Waals surface area contributed by atoms with Crippen LogP contribution in [-0.2, 0) is 14.3 Å². The van der Waals surface area contributed by atoms with Gasteiger partial charge >= 0.3 is 11.7 Å². The smallest absolute Gasteiger partial charge is 0.353 e. The number of anilines is 1. The molecule has 7 N–H and O–H groups in total. The van der Waals surface area contributed by atoms with Crippen LogP contribution in [0.1, 0.15) is 29.9 Å². The predicted molar refractivity (Wildman–Crippen MR) is 98.2 cm³/mol. The van der Waals surface area contributed by atoms with E-state index in [0.717, 1.165) is 4.57 Å². The number of esters is 1. The van der Waals surface area contributed by atoms with E-state index in [9.17, 15) is 24.6 Å². The molecule has 13 heteroatoms. The van der Waals surface area contributed by atoms with Gasteiger partial charge in [0.2, 0.25) is 0 Å². The molecule has 0 bridgehead atoms. The Balaban J connectivity index is 2.06. The van der Waals surface area contributed by atoms with Crippen molar-refractivity contribution in [2.45, 2.75) is 37.9 Å². The number of halogens is 1. The lowest BCUT2D eigenvalue weighted by molar-refractivity contribution is -0.149. The lowest BCUT2D eigenvalue weighted by Crippen LogP contribution is -2.37. The van der Waals surface area contributed by atoms with Crippen molar-refractivity contribution in [2.75, 3.05) is 12.3 Å². The van der Waals surface area contributed by atoms with Crippen molar-refractivity contribution in [2.24, 2.45) is 5.73 Å². The number of rotatable bonds is 5. The van der Waals surface area contributed by atoms with E-state index in [1.54, 1.807) is 6.92 Å². The second-order valence-corrected chi connectivity index (χ2v) is 6.93. The Labute approximate surface area is 165 Å². The number of hydrogen-bond acceptors (Lipinski definition) is 9. The van der Waals surface area contributed by atoms with E-state index >= 15 is 0 Å². The quantitative estimate of drug-likeness (QED) is 0.338. The molecule has 3 rings (SSSR count). The second kappa shape index (κ2) is 7.50. The second-order valence-electron chi connectivity index (χ2n) is 6.13. The normalized spacial score (nSPS) is 24.6. The summed E-state index contributed by atoms with van der Waals surface area (Å²) in [5.41, 5.74) is 10.2. The van der Waals surface area contributed by atoms with Crippen LogP contribution in [0.25, 0.3) is 11.0 Å². The van der Waals surface area contributed by atoms with E-state index < -0.39 is 42.1 Å². The van der Waals surface area contributed by atoms with Crippen molar-refractivity contribution in [3.05, 3.63) is 20.7 Å². The number of aromatic nitrogens is 3. The highest BCUT2D eigenvalue weighted by Gasteiger charge is 2.45. The molecule has 1 saturated heterocycles. The molecule has 0 unspecified atom stereocenters. The van der Waals surface area contributed by atoms with E-state index in [4.69, 9.17) is 20.9 Å². The predicted octanol–water partition coefficient (Wildman–Crippen LogP) is -1.26. The average molecular weight is 460 g/mol. The van der Waals surface area contributed by atoms with Crippen LogP contribution in [0.4, 0.5) is 5.82 Å². The van der Waals surface area contributed by atoms with Crippen molar-refractivity contribution in [1.29, 1.82) is 0 Å². The highest BCUT2D eigenvalue weighted by molar-refractivity contribution is 9.10. The number of carbonyl (C=O) groups is 2. The summed E-state index contributed by atoms with van der Waals surface area (Å²) >= 11 is 3.13. The maximum Gasteiger partial charge on any atom is 0.353 e. The van der Waals surface area contributed by atoms with Crippen molar-refractivity contribution < 1.29 is 29.3 Å². The molecule has 0 spiro atoms. The van der Waals surface area contributed by atoms with Gasteiger partial charge in [0.25, 0.3) is 5.91 Å². The summed E-state index contributed by atoms with van der Waals surface area (Å²) in [6.07, 6.45) is -5.32. The van der Waals surface area contributed by atoms with Crippen molar-refractivity contribution in [3.8, 4) is 0 Å². The summed E-state index contributed by atoms with van der Waals surface area (Å²) in [6.45, 7) is 1.28. The fraction of sp³-hybridized carbons (Fsp3) is 0.467. The van der Waals surface area contributed by atoms with E-state index in [2.05, 4.69) is 25.9 Å². The highest BCUT2D eigenvalue weighted by Crippen LogP contribution is 2.34. The molecular formula is C15H18BrN5O7. The third-order valence-corrected chi connectivity index (χ3v) is 4.98. The van der Waals surface area contributed by atoms with Gasteiger partial charge in [-0.1, -0.05) is 6.92 Å². The van der Waals surface area contributed by atoms with E-state index in [1.165, 1.54) is 0 Å². The number of nitrogens with zero attached hydrogens (tertiary/aromatic N) is 2. The number of ether oxygens (including phenoxy) is 2. The molecule has 4 atom stereocenters. The Morgan fingerprint density at radius 1 is 1.39 bits per heavy atom. The van der Waals surface area contributed by atoms with E-state index in [-0.39, 0.29) is 40.0 Å². The zero-order valence-corrected chi connectivity index (χ0v) is 16.2. The first-order valence-corrected chi connectivity index (χ1v) is 9.02. The Kier molecular flexibility index (Phi) is 5.43.